The highest BCUT2D eigenvalue weighted by Crippen LogP contribution is 2.25. The van der Waals surface area contributed by atoms with E-state index in [2.05, 4.69) is 34.7 Å². The summed E-state index contributed by atoms with van der Waals surface area (Å²) >= 11 is 5.66. The number of aromatic nitrogens is 1. The van der Waals surface area contributed by atoms with Crippen molar-refractivity contribution in [2.24, 2.45) is 0 Å². The number of esters is 1. The van der Waals surface area contributed by atoms with Gasteiger partial charge in [0, 0.05) is 0 Å². The molecule has 0 unspecified atom stereocenters. The molecule has 0 aliphatic carbocycles. The van der Waals surface area contributed by atoms with Crippen molar-refractivity contribution in [3.63, 3.8) is 0 Å². The zero-order valence-electron chi connectivity index (χ0n) is 13.7. The maximum Gasteiger partial charge on any atom is 0.341 e. The van der Waals surface area contributed by atoms with Crippen molar-refractivity contribution in [3.05, 3.63) is 46.6 Å². The summed E-state index contributed by atoms with van der Waals surface area (Å²) in [5, 5.41) is 3.20. The van der Waals surface area contributed by atoms with Crippen LogP contribution in [0.5, 0.6) is 0 Å². The van der Waals surface area contributed by atoms with Crippen LogP contribution in [0, 0.1) is 11.6 Å². The van der Waals surface area contributed by atoms with Crippen molar-refractivity contribution in [1.29, 1.82) is 0 Å². The number of rotatable bonds is 4. The van der Waals surface area contributed by atoms with E-state index >= 15 is 0 Å². The first kappa shape index (κ1) is 18.3. The minimum Gasteiger partial charge on any atom is -0.465 e. The van der Waals surface area contributed by atoms with Gasteiger partial charge in [-0.15, -0.1) is 0 Å². The molecular weight excluding hydrogens is 354 g/mol. The van der Waals surface area contributed by atoms with E-state index < -0.39 is 30.8 Å². The molecule has 0 aliphatic rings. The number of anilines is 2. The zero-order valence-corrected chi connectivity index (χ0v) is 15.5. The third kappa shape index (κ3) is 3.91. The van der Waals surface area contributed by atoms with Gasteiger partial charge in [0.25, 0.3) is 0 Å². The topological polar surface area (TPSA) is 51.2 Å². The Balaban J connectivity index is 2.44. The second-order valence-corrected chi connectivity index (χ2v) is 11.7. The molecule has 2 rings (SSSR count). The lowest BCUT2D eigenvalue weighted by molar-refractivity contribution is 0.0601. The largest absolute Gasteiger partial charge is 0.465 e. The molecule has 1 aromatic carbocycles. The highest BCUT2D eigenvalue weighted by atomic mass is 35.5. The molecule has 1 N–H and O–H groups in total. The molecule has 0 saturated carbocycles. The molecule has 2 aromatic rings. The van der Waals surface area contributed by atoms with Crippen LogP contribution in [0.25, 0.3) is 0 Å². The van der Waals surface area contributed by atoms with E-state index in [1.54, 1.807) is 6.07 Å². The molecule has 0 spiro atoms. The minimum absolute atomic E-state index is 0.0760. The summed E-state index contributed by atoms with van der Waals surface area (Å²) in [7, 11) is -0.504. The summed E-state index contributed by atoms with van der Waals surface area (Å²) in [5.74, 6) is -2.24. The SMILES string of the molecule is COC(=O)c1cc(F)c(Cl)nc1Nc1ccc([Si](C)(C)C)cc1F. The number of halogens is 3. The number of ether oxygens (including phenoxy) is 1. The van der Waals surface area contributed by atoms with E-state index in [-0.39, 0.29) is 17.1 Å². The molecule has 24 heavy (non-hydrogen) atoms. The van der Waals surface area contributed by atoms with Gasteiger partial charge in [-0.1, -0.05) is 42.5 Å². The summed E-state index contributed by atoms with van der Waals surface area (Å²) < 4.78 is 32.5. The Morgan fingerprint density at radius 3 is 2.42 bits per heavy atom. The molecule has 1 heterocycles. The molecule has 8 heteroatoms. The molecule has 4 nitrogen and oxygen atoms in total. The minimum atomic E-state index is -1.66. The first-order valence-electron chi connectivity index (χ1n) is 7.15. The standard InChI is InChI=1S/C16H17ClF2N2O2Si/c1-23-16(22)10-8-12(19)14(17)21-15(10)20-13-6-5-9(7-11(13)18)24(2,3)4/h5-8H,1-4H3,(H,20,21). The third-order valence-electron chi connectivity index (χ3n) is 3.43. The number of carbonyl (C=O) groups is 1. The van der Waals surface area contributed by atoms with Gasteiger partial charge in [-0.3, -0.25) is 0 Å². The Morgan fingerprint density at radius 1 is 1.21 bits per heavy atom. The molecule has 0 fully saturated rings. The van der Waals surface area contributed by atoms with Crippen LogP contribution in [0.2, 0.25) is 24.8 Å². The molecule has 0 aliphatic heterocycles. The summed E-state index contributed by atoms with van der Waals surface area (Å²) in [6.45, 7) is 6.31. The summed E-state index contributed by atoms with van der Waals surface area (Å²) in [5.41, 5.74) is -0.0644. The second-order valence-electron chi connectivity index (χ2n) is 6.22. The fraction of sp³-hybridized carbons (Fsp3) is 0.250. The normalized spacial score (nSPS) is 11.3. The van der Waals surface area contributed by atoms with Crippen LogP contribution >= 0.6 is 11.6 Å². The maximum absolute atomic E-state index is 14.4. The Hall–Kier alpha value is -1.99. The average Bonchev–Trinajstić information content (AvgIpc) is 2.50. The fourth-order valence-corrected chi connectivity index (χ4v) is 3.32. The van der Waals surface area contributed by atoms with Gasteiger partial charge in [-0.2, -0.15) is 0 Å². The number of nitrogens with zero attached hydrogens (tertiary/aromatic N) is 1. The monoisotopic (exact) mass is 370 g/mol. The molecule has 0 amide bonds. The molecule has 0 saturated heterocycles. The smallest absolute Gasteiger partial charge is 0.341 e. The molecule has 0 radical (unpaired) electrons. The van der Waals surface area contributed by atoms with Crippen molar-refractivity contribution >= 4 is 42.3 Å². The first-order chi connectivity index (χ1) is 11.1. The zero-order chi connectivity index (χ0) is 18.1. The van der Waals surface area contributed by atoms with Crippen LogP contribution in [0.4, 0.5) is 20.3 Å². The summed E-state index contributed by atoms with van der Waals surface area (Å²) in [6.07, 6.45) is 0. The van der Waals surface area contributed by atoms with Gasteiger partial charge in [0.1, 0.15) is 17.2 Å². The predicted octanol–water partition coefficient (Wildman–Crippen LogP) is 4.09. The van der Waals surface area contributed by atoms with Crippen molar-refractivity contribution < 1.29 is 18.3 Å². The lowest BCUT2D eigenvalue weighted by Crippen LogP contribution is -2.37. The van der Waals surface area contributed by atoms with Crippen molar-refractivity contribution in [3.8, 4) is 0 Å². The highest BCUT2D eigenvalue weighted by molar-refractivity contribution is 6.88. The van der Waals surface area contributed by atoms with Gasteiger partial charge in [-0.25, -0.2) is 18.6 Å². The number of carbonyl (C=O) groups excluding carboxylic acids is 1. The van der Waals surface area contributed by atoms with Crippen molar-refractivity contribution in [2.45, 2.75) is 19.6 Å². The van der Waals surface area contributed by atoms with E-state index in [1.807, 2.05) is 6.07 Å². The number of hydrogen-bond donors (Lipinski definition) is 1. The lowest BCUT2D eigenvalue weighted by Gasteiger charge is -2.18. The van der Waals surface area contributed by atoms with Crippen molar-refractivity contribution in [2.75, 3.05) is 12.4 Å². The number of benzene rings is 1. The van der Waals surface area contributed by atoms with Crippen molar-refractivity contribution in [1.82, 2.24) is 4.98 Å². The average molecular weight is 371 g/mol. The van der Waals surface area contributed by atoms with Gasteiger partial charge < -0.3 is 10.1 Å². The van der Waals surface area contributed by atoms with E-state index in [0.717, 1.165) is 18.4 Å². The van der Waals surface area contributed by atoms with Gasteiger partial charge in [0.2, 0.25) is 0 Å². The van der Waals surface area contributed by atoms with Crippen LogP contribution < -0.4 is 10.5 Å². The molecular formula is C16H17ClF2N2O2Si. The molecule has 1 aromatic heterocycles. The Kier molecular flexibility index (Phi) is 5.25. The number of methoxy groups -OCH3 is 1. The third-order valence-corrected chi connectivity index (χ3v) is 5.73. The summed E-state index contributed by atoms with van der Waals surface area (Å²) in [4.78, 5) is 15.5. The fourth-order valence-electron chi connectivity index (χ4n) is 2.04. The predicted molar refractivity (Wildman–Crippen MR) is 93.2 cm³/mol. The van der Waals surface area contributed by atoms with Crippen LogP contribution in [-0.4, -0.2) is 26.1 Å². The van der Waals surface area contributed by atoms with Gasteiger partial charge in [-0.05, 0) is 18.2 Å². The first-order valence-corrected chi connectivity index (χ1v) is 11.0. The van der Waals surface area contributed by atoms with Crippen LogP contribution in [0.3, 0.4) is 0 Å². The Bertz CT molecular complexity index is 794. The Morgan fingerprint density at radius 2 is 1.88 bits per heavy atom. The highest BCUT2D eigenvalue weighted by Gasteiger charge is 2.21. The lowest BCUT2D eigenvalue weighted by atomic mass is 10.2. The Labute approximate surface area is 144 Å². The number of nitrogens with one attached hydrogen (secondary N) is 1. The second kappa shape index (κ2) is 6.86. The summed E-state index contributed by atoms with van der Waals surface area (Å²) in [6, 6.07) is 5.73. The van der Waals surface area contributed by atoms with E-state index in [9.17, 15) is 13.6 Å². The van der Waals surface area contributed by atoms with Gasteiger partial charge in [0.05, 0.1) is 20.9 Å². The van der Waals surface area contributed by atoms with E-state index in [1.165, 1.54) is 6.07 Å². The van der Waals surface area contributed by atoms with Gasteiger partial charge >= 0.3 is 5.97 Å². The van der Waals surface area contributed by atoms with Crippen LogP contribution in [0.1, 0.15) is 10.4 Å². The van der Waals surface area contributed by atoms with E-state index in [4.69, 9.17) is 11.6 Å². The quantitative estimate of drug-likeness (QED) is 0.500. The van der Waals surface area contributed by atoms with Crippen LogP contribution in [-0.2, 0) is 4.74 Å². The van der Waals surface area contributed by atoms with E-state index in [0.29, 0.717) is 0 Å². The number of hydrogen-bond acceptors (Lipinski definition) is 4. The number of pyridine rings is 1. The molecule has 0 atom stereocenters. The maximum atomic E-state index is 14.4. The van der Waals surface area contributed by atoms with Gasteiger partial charge in [0.15, 0.2) is 11.0 Å². The van der Waals surface area contributed by atoms with Crippen LogP contribution in [0.15, 0.2) is 24.3 Å². The molecule has 0 bridgehead atoms. The molecule has 128 valence electrons.